The fourth-order valence-electron chi connectivity index (χ4n) is 2.68. The number of nitrogens with zero attached hydrogens (tertiary/aromatic N) is 2. The number of halogens is 3. The van der Waals surface area contributed by atoms with Crippen molar-refractivity contribution in [2.24, 2.45) is 11.8 Å². The van der Waals surface area contributed by atoms with Gasteiger partial charge in [0.2, 0.25) is 10.0 Å². The number of hydrogen-bond donors (Lipinski definition) is 1. The number of sulfonamides is 1. The van der Waals surface area contributed by atoms with Gasteiger partial charge in [0.05, 0.1) is 22.5 Å². The number of nitro groups is 1. The van der Waals surface area contributed by atoms with Gasteiger partial charge in [-0.05, 0) is 0 Å². The first-order valence-electron chi connectivity index (χ1n) is 6.93. The molecule has 0 spiro atoms. The number of aliphatic carboxylic acids is 1. The molecule has 0 aliphatic carbocycles. The molecule has 1 fully saturated rings. The summed E-state index contributed by atoms with van der Waals surface area (Å²) in [5.41, 5.74) is -0.665. The van der Waals surface area contributed by atoms with E-state index in [1.54, 1.807) is 0 Å². The summed E-state index contributed by atoms with van der Waals surface area (Å²) >= 11 is 0. The molecule has 0 saturated carbocycles. The van der Waals surface area contributed by atoms with E-state index in [2.05, 4.69) is 0 Å². The van der Waals surface area contributed by atoms with Gasteiger partial charge in [-0.1, -0.05) is 18.2 Å². The predicted molar refractivity (Wildman–Crippen MR) is 78.0 cm³/mol. The molecule has 2 rings (SSSR count). The third-order valence-electron chi connectivity index (χ3n) is 3.94. The highest BCUT2D eigenvalue weighted by molar-refractivity contribution is 7.88. The molecule has 25 heavy (non-hydrogen) atoms. The van der Waals surface area contributed by atoms with Crippen LogP contribution in [0.2, 0.25) is 0 Å². The Morgan fingerprint density at radius 1 is 1.32 bits per heavy atom. The summed E-state index contributed by atoms with van der Waals surface area (Å²) in [6, 6.07) is 4.94. The second kappa shape index (κ2) is 6.59. The van der Waals surface area contributed by atoms with Crippen LogP contribution >= 0.6 is 0 Å². The van der Waals surface area contributed by atoms with E-state index in [-0.39, 0.29) is 5.56 Å². The minimum Gasteiger partial charge on any atom is -0.481 e. The summed E-state index contributed by atoms with van der Waals surface area (Å²) in [5.74, 6) is -6.88. The Hall–Kier alpha value is -2.21. The molecule has 0 aromatic heterocycles. The van der Waals surface area contributed by atoms with Gasteiger partial charge >= 0.3 is 12.1 Å². The summed E-state index contributed by atoms with van der Waals surface area (Å²) in [6.45, 7) is -1.86. The molecule has 1 aromatic carbocycles. The first-order chi connectivity index (χ1) is 11.4. The zero-order chi connectivity index (χ0) is 19.0. The lowest BCUT2D eigenvalue weighted by molar-refractivity contribution is -0.385. The molecule has 1 aromatic rings. The fraction of sp³-hybridized carbons (Fsp3) is 0.462. The predicted octanol–water partition coefficient (Wildman–Crippen LogP) is 1.62. The molecule has 2 atom stereocenters. The number of nitro benzene ring substituents is 1. The first-order valence-corrected chi connectivity index (χ1v) is 8.54. The van der Waals surface area contributed by atoms with E-state index in [0.717, 1.165) is 6.07 Å². The molecule has 138 valence electrons. The molecule has 1 N–H and O–H groups in total. The third kappa shape index (κ3) is 4.07. The van der Waals surface area contributed by atoms with Crippen LogP contribution in [0.15, 0.2) is 24.3 Å². The van der Waals surface area contributed by atoms with Gasteiger partial charge in [0.1, 0.15) is 0 Å². The van der Waals surface area contributed by atoms with Gasteiger partial charge in [-0.2, -0.15) is 13.2 Å². The summed E-state index contributed by atoms with van der Waals surface area (Å²) in [4.78, 5) is 21.1. The summed E-state index contributed by atoms with van der Waals surface area (Å²) in [7, 11) is -4.36. The van der Waals surface area contributed by atoms with Crippen molar-refractivity contribution in [3.05, 3.63) is 39.9 Å². The van der Waals surface area contributed by atoms with Crippen LogP contribution in [0.25, 0.3) is 0 Å². The number of rotatable bonds is 5. The van der Waals surface area contributed by atoms with Crippen LogP contribution in [0.5, 0.6) is 0 Å². The number of carboxylic acids is 1. The molecule has 12 heteroatoms. The van der Waals surface area contributed by atoms with Crippen molar-refractivity contribution < 1.29 is 36.4 Å². The van der Waals surface area contributed by atoms with Crippen LogP contribution in [-0.2, 0) is 20.6 Å². The van der Waals surface area contributed by atoms with Crippen molar-refractivity contribution in [1.82, 2.24) is 4.31 Å². The minimum absolute atomic E-state index is 0.185. The van der Waals surface area contributed by atoms with Gasteiger partial charge in [0, 0.05) is 24.7 Å². The van der Waals surface area contributed by atoms with E-state index in [1.807, 2.05) is 0 Å². The van der Waals surface area contributed by atoms with Crippen LogP contribution in [0.3, 0.4) is 0 Å². The van der Waals surface area contributed by atoms with E-state index in [1.165, 1.54) is 18.2 Å². The Kier molecular flexibility index (Phi) is 5.04. The van der Waals surface area contributed by atoms with Gasteiger partial charge in [0.15, 0.2) is 0 Å². The number of benzene rings is 1. The van der Waals surface area contributed by atoms with Gasteiger partial charge in [-0.3, -0.25) is 14.9 Å². The summed E-state index contributed by atoms with van der Waals surface area (Å²) in [6.07, 6.45) is -4.87. The average molecular weight is 382 g/mol. The van der Waals surface area contributed by atoms with Gasteiger partial charge < -0.3 is 5.11 Å². The van der Waals surface area contributed by atoms with Crippen molar-refractivity contribution >= 4 is 21.7 Å². The Morgan fingerprint density at radius 3 is 2.40 bits per heavy atom. The summed E-state index contributed by atoms with van der Waals surface area (Å²) in [5, 5.41) is 19.9. The molecule has 0 bridgehead atoms. The lowest BCUT2D eigenvalue weighted by atomic mass is 9.96. The standard InChI is InChI=1S/C13H13F3N2O6S/c14-13(15,16)10-6-17(5-9(10)12(19)20)25(23,24)7-8-3-1-2-4-11(8)18(21)22/h1-4,9-10H,5-7H2,(H,19,20)/t9-,10-/m1/s1. The van der Waals surface area contributed by atoms with Crippen LogP contribution < -0.4 is 0 Å². The Balaban J connectivity index is 2.29. The van der Waals surface area contributed by atoms with Crippen molar-refractivity contribution in [3.8, 4) is 0 Å². The first kappa shape index (κ1) is 19.1. The van der Waals surface area contributed by atoms with E-state index in [9.17, 15) is 36.5 Å². The topological polar surface area (TPSA) is 118 Å². The van der Waals surface area contributed by atoms with Crippen LogP contribution in [0.1, 0.15) is 5.56 Å². The second-order valence-corrected chi connectivity index (χ2v) is 7.52. The van der Waals surface area contributed by atoms with Gasteiger partial charge in [0.25, 0.3) is 5.69 Å². The van der Waals surface area contributed by atoms with Gasteiger partial charge in [-0.15, -0.1) is 0 Å². The van der Waals surface area contributed by atoms with E-state index in [0.29, 0.717) is 4.31 Å². The zero-order valence-corrected chi connectivity index (χ0v) is 13.3. The van der Waals surface area contributed by atoms with Crippen molar-refractivity contribution in [3.63, 3.8) is 0 Å². The molecule has 0 radical (unpaired) electrons. The number of carboxylic acid groups (broad SMARTS) is 1. The van der Waals surface area contributed by atoms with Crippen LogP contribution in [0.4, 0.5) is 18.9 Å². The molecule has 1 aliphatic heterocycles. The maximum atomic E-state index is 13.0. The number of para-hydroxylation sites is 1. The van der Waals surface area contributed by atoms with E-state index in [4.69, 9.17) is 5.11 Å². The summed E-state index contributed by atoms with van der Waals surface area (Å²) < 4.78 is 64.0. The van der Waals surface area contributed by atoms with Crippen molar-refractivity contribution in [1.29, 1.82) is 0 Å². The molecule has 1 saturated heterocycles. The molecular weight excluding hydrogens is 369 g/mol. The largest absolute Gasteiger partial charge is 0.481 e. The van der Waals surface area contributed by atoms with Crippen LogP contribution in [0, 0.1) is 22.0 Å². The SMILES string of the molecule is O=C(O)[C@@H]1CN(S(=O)(=O)Cc2ccccc2[N+](=O)[O-])C[C@H]1C(F)(F)F. The fourth-order valence-corrected chi connectivity index (χ4v) is 4.27. The van der Waals surface area contributed by atoms with E-state index >= 15 is 0 Å². The number of alkyl halides is 3. The molecule has 0 unspecified atom stereocenters. The monoisotopic (exact) mass is 382 g/mol. The van der Waals surface area contributed by atoms with Gasteiger partial charge in [-0.25, -0.2) is 12.7 Å². The number of hydrogen-bond acceptors (Lipinski definition) is 5. The Morgan fingerprint density at radius 2 is 1.92 bits per heavy atom. The Bertz CT molecular complexity index is 795. The number of carbonyl (C=O) groups is 1. The molecule has 1 aliphatic rings. The van der Waals surface area contributed by atoms with E-state index < -0.39 is 63.5 Å². The van der Waals surface area contributed by atoms with Crippen LogP contribution in [-0.4, -0.2) is 48.0 Å². The normalized spacial score (nSPS) is 22.0. The highest BCUT2D eigenvalue weighted by Crippen LogP contribution is 2.39. The lowest BCUT2D eigenvalue weighted by Crippen LogP contribution is -2.34. The maximum absolute atomic E-state index is 13.0. The quantitative estimate of drug-likeness (QED) is 0.611. The second-order valence-electron chi connectivity index (χ2n) is 5.55. The molecule has 1 heterocycles. The molecule has 8 nitrogen and oxygen atoms in total. The van der Waals surface area contributed by atoms with Crippen molar-refractivity contribution in [2.75, 3.05) is 13.1 Å². The highest BCUT2D eigenvalue weighted by Gasteiger charge is 2.54. The smallest absolute Gasteiger partial charge is 0.393 e. The Labute approximate surface area is 140 Å². The molecule has 0 amide bonds. The highest BCUT2D eigenvalue weighted by atomic mass is 32.2. The maximum Gasteiger partial charge on any atom is 0.393 e. The minimum atomic E-state index is -4.87. The zero-order valence-electron chi connectivity index (χ0n) is 12.5. The van der Waals surface area contributed by atoms with Crippen molar-refractivity contribution in [2.45, 2.75) is 11.9 Å². The lowest BCUT2D eigenvalue weighted by Gasteiger charge is -2.18. The third-order valence-corrected chi connectivity index (χ3v) is 5.70. The molecular formula is C13H13F3N2O6S. The average Bonchev–Trinajstić information content (AvgIpc) is 2.93.